The van der Waals surface area contributed by atoms with Crippen LogP contribution < -0.4 is 10.5 Å². The number of aryl methyl sites for hydroxylation is 2. The summed E-state index contributed by atoms with van der Waals surface area (Å²) < 4.78 is 5.84. The SMILES string of the molecule is Cc1cc(C(N)=S)ccc1COc1ccc(Cl)cc1C. The molecule has 0 atom stereocenters. The zero-order valence-electron chi connectivity index (χ0n) is 11.4. The first-order valence-corrected chi connectivity index (χ1v) is 7.04. The van der Waals surface area contributed by atoms with Crippen LogP contribution in [0.4, 0.5) is 0 Å². The molecule has 4 heteroatoms. The van der Waals surface area contributed by atoms with E-state index in [1.54, 1.807) is 0 Å². The molecule has 0 unspecified atom stereocenters. The minimum atomic E-state index is 0.411. The van der Waals surface area contributed by atoms with Crippen molar-refractivity contribution in [2.24, 2.45) is 5.73 Å². The topological polar surface area (TPSA) is 35.2 Å². The average molecular weight is 306 g/mol. The van der Waals surface area contributed by atoms with E-state index in [0.717, 1.165) is 28.0 Å². The fraction of sp³-hybridized carbons (Fsp3) is 0.188. The molecule has 2 nitrogen and oxygen atoms in total. The molecule has 0 bridgehead atoms. The Balaban J connectivity index is 2.13. The molecule has 0 aliphatic heterocycles. The summed E-state index contributed by atoms with van der Waals surface area (Å²) in [6.45, 7) is 4.51. The number of hydrogen-bond donors (Lipinski definition) is 1. The molecule has 2 N–H and O–H groups in total. The first-order chi connectivity index (χ1) is 9.47. The number of benzene rings is 2. The molecule has 2 aromatic carbocycles. The Hall–Kier alpha value is -1.58. The maximum absolute atomic E-state index is 5.93. The van der Waals surface area contributed by atoms with Crippen LogP contribution in [0.5, 0.6) is 5.75 Å². The van der Waals surface area contributed by atoms with Gasteiger partial charge in [-0.2, -0.15) is 0 Å². The normalized spacial score (nSPS) is 10.3. The van der Waals surface area contributed by atoms with E-state index in [4.69, 9.17) is 34.3 Å². The zero-order valence-corrected chi connectivity index (χ0v) is 13.0. The molecule has 0 spiro atoms. The fourth-order valence-electron chi connectivity index (χ4n) is 1.94. The third-order valence-electron chi connectivity index (χ3n) is 3.15. The Morgan fingerprint density at radius 2 is 1.90 bits per heavy atom. The molecule has 2 rings (SSSR count). The number of nitrogens with two attached hydrogens (primary N) is 1. The molecule has 0 aliphatic rings. The van der Waals surface area contributed by atoms with Crippen LogP contribution in [0.2, 0.25) is 5.02 Å². The number of rotatable bonds is 4. The van der Waals surface area contributed by atoms with Gasteiger partial charge in [-0.3, -0.25) is 0 Å². The van der Waals surface area contributed by atoms with Crippen LogP contribution in [0, 0.1) is 13.8 Å². The van der Waals surface area contributed by atoms with Crippen LogP contribution in [-0.2, 0) is 6.61 Å². The standard InChI is InChI=1S/C16H16ClNOS/c1-10-7-12(16(18)20)3-4-13(10)9-19-15-6-5-14(17)8-11(15)2/h3-8H,9H2,1-2H3,(H2,18,20). The second kappa shape index (κ2) is 6.25. The van der Waals surface area contributed by atoms with Crippen molar-refractivity contribution in [1.29, 1.82) is 0 Å². The third-order valence-corrected chi connectivity index (χ3v) is 3.62. The minimum Gasteiger partial charge on any atom is -0.489 e. The lowest BCUT2D eigenvalue weighted by Gasteiger charge is -2.12. The highest BCUT2D eigenvalue weighted by atomic mass is 35.5. The Labute approximate surface area is 129 Å². The van der Waals surface area contributed by atoms with Crippen LogP contribution in [0.25, 0.3) is 0 Å². The molecule has 2 aromatic rings. The molecule has 0 heterocycles. The fourth-order valence-corrected chi connectivity index (χ4v) is 2.29. The quantitative estimate of drug-likeness (QED) is 0.861. The Morgan fingerprint density at radius 1 is 1.15 bits per heavy atom. The molecule has 0 amide bonds. The van der Waals surface area contributed by atoms with Gasteiger partial charge in [-0.05, 0) is 54.8 Å². The lowest BCUT2D eigenvalue weighted by Crippen LogP contribution is -2.10. The summed E-state index contributed by atoms with van der Waals surface area (Å²) in [6, 6.07) is 11.5. The van der Waals surface area contributed by atoms with Gasteiger partial charge in [0, 0.05) is 10.6 Å². The summed E-state index contributed by atoms with van der Waals surface area (Å²) in [7, 11) is 0. The van der Waals surface area contributed by atoms with Gasteiger partial charge in [0.05, 0.1) is 0 Å². The van der Waals surface area contributed by atoms with E-state index in [-0.39, 0.29) is 0 Å². The molecule has 0 aliphatic carbocycles. The highest BCUT2D eigenvalue weighted by Crippen LogP contribution is 2.23. The zero-order chi connectivity index (χ0) is 14.7. The van der Waals surface area contributed by atoms with Crippen LogP contribution in [-0.4, -0.2) is 4.99 Å². The predicted octanol–water partition coefficient (Wildman–Crippen LogP) is 4.17. The Bertz CT molecular complexity index is 655. The van der Waals surface area contributed by atoms with Gasteiger partial charge in [0.15, 0.2) is 0 Å². The second-order valence-corrected chi connectivity index (χ2v) is 5.58. The van der Waals surface area contributed by atoms with Gasteiger partial charge in [-0.15, -0.1) is 0 Å². The average Bonchev–Trinajstić information content (AvgIpc) is 2.38. The van der Waals surface area contributed by atoms with Gasteiger partial charge in [-0.25, -0.2) is 0 Å². The number of ether oxygens (including phenoxy) is 1. The third kappa shape index (κ3) is 3.50. The molecule has 0 aromatic heterocycles. The van der Waals surface area contributed by atoms with Crippen molar-refractivity contribution < 1.29 is 4.74 Å². The highest BCUT2D eigenvalue weighted by Gasteiger charge is 2.05. The number of thiocarbonyl (C=S) groups is 1. The van der Waals surface area contributed by atoms with Gasteiger partial charge < -0.3 is 10.5 Å². The summed E-state index contributed by atoms with van der Waals surface area (Å²) in [5, 5.41) is 0.715. The van der Waals surface area contributed by atoms with Crippen molar-refractivity contribution in [2.75, 3.05) is 0 Å². The maximum Gasteiger partial charge on any atom is 0.122 e. The Morgan fingerprint density at radius 3 is 2.50 bits per heavy atom. The van der Waals surface area contributed by atoms with Crippen molar-refractivity contribution in [1.82, 2.24) is 0 Å². The smallest absolute Gasteiger partial charge is 0.122 e. The first-order valence-electron chi connectivity index (χ1n) is 6.25. The molecular weight excluding hydrogens is 290 g/mol. The van der Waals surface area contributed by atoms with Crippen molar-refractivity contribution in [3.05, 3.63) is 63.7 Å². The van der Waals surface area contributed by atoms with E-state index in [1.807, 2.05) is 50.2 Å². The van der Waals surface area contributed by atoms with E-state index in [1.165, 1.54) is 0 Å². The van der Waals surface area contributed by atoms with Crippen molar-refractivity contribution in [2.45, 2.75) is 20.5 Å². The molecular formula is C16H16ClNOS. The van der Waals surface area contributed by atoms with Gasteiger partial charge in [-0.1, -0.05) is 36.0 Å². The van der Waals surface area contributed by atoms with Gasteiger partial charge in [0.2, 0.25) is 0 Å². The maximum atomic E-state index is 5.93. The molecule has 0 saturated heterocycles. The van der Waals surface area contributed by atoms with E-state index in [0.29, 0.717) is 16.6 Å². The highest BCUT2D eigenvalue weighted by molar-refractivity contribution is 7.80. The molecule has 0 fully saturated rings. The first kappa shape index (κ1) is 14.8. The lowest BCUT2D eigenvalue weighted by molar-refractivity contribution is 0.303. The van der Waals surface area contributed by atoms with Gasteiger partial charge in [0.1, 0.15) is 17.3 Å². The van der Waals surface area contributed by atoms with Crippen molar-refractivity contribution >= 4 is 28.8 Å². The van der Waals surface area contributed by atoms with Crippen LogP contribution in [0.3, 0.4) is 0 Å². The van der Waals surface area contributed by atoms with E-state index >= 15 is 0 Å². The van der Waals surface area contributed by atoms with Crippen LogP contribution in [0.15, 0.2) is 36.4 Å². The van der Waals surface area contributed by atoms with E-state index in [9.17, 15) is 0 Å². The summed E-state index contributed by atoms with van der Waals surface area (Å²) in [4.78, 5) is 0.411. The van der Waals surface area contributed by atoms with Crippen LogP contribution >= 0.6 is 23.8 Å². The van der Waals surface area contributed by atoms with Gasteiger partial charge in [0.25, 0.3) is 0 Å². The van der Waals surface area contributed by atoms with Crippen LogP contribution in [0.1, 0.15) is 22.3 Å². The van der Waals surface area contributed by atoms with Crippen molar-refractivity contribution in [3.8, 4) is 5.75 Å². The molecule has 0 saturated carbocycles. The minimum absolute atomic E-state index is 0.411. The summed E-state index contributed by atoms with van der Waals surface area (Å²) in [6.07, 6.45) is 0. The van der Waals surface area contributed by atoms with E-state index < -0.39 is 0 Å². The molecule has 104 valence electrons. The monoisotopic (exact) mass is 305 g/mol. The predicted molar refractivity (Wildman–Crippen MR) is 87.6 cm³/mol. The lowest BCUT2D eigenvalue weighted by atomic mass is 10.1. The largest absolute Gasteiger partial charge is 0.489 e. The van der Waals surface area contributed by atoms with Gasteiger partial charge >= 0.3 is 0 Å². The van der Waals surface area contributed by atoms with Crippen molar-refractivity contribution in [3.63, 3.8) is 0 Å². The number of hydrogen-bond acceptors (Lipinski definition) is 2. The Kier molecular flexibility index (Phi) is 4.63. The number of halogens is 1. The summed E-state index contributed by atoms with van der Waals surface area (Å²) in [5.74, 6) is 0.840. The molecule has 20 heavy (non-hydrogen) atoms. The van der Waals surface area contributed by atoms with E-state index in [2.05, 4.69) is 0 Å². The molecule has 0 radical (unpaired) electrons. The summed E-state index contributed by atoms with van der Waals surface area (Å²) in [5.41, 5.74) is 9.74. The second-order valence-electron chi connectivity index (χ2n) is 4.70. The summed E-state index contributed by atoms with van der Waals surface area (Å²) >= 11 is 10.9.